The van der Waals surface area contributed by atoms with Gasteiger partial charge in [0.15, 0.2) is 0 Å². The summed E-state index contributed by atoms with van der Waals surface area (Å²) in [4.78, 5) is 22.4. The van der Waals surface area contributed by atoms with Crippen molar-refractivity contribution >= 4 is 22.6 Å². The number of aryl methyl sites for hydroxylation is 1. The molecule has 0 bridgehead atoms. The zero-order valence-electron chi connectivity index (χ0n) is 11.4. The van der Waals surface area contributed by atoms with Gasteiger partial charge in [0, 0.05) is 18.0 Å². The average molecular weight is 279 g/mol. The monoisotopic (exact) mass is 279 g/mol. The summed E-state index contributed by atoms with van der Waals surface area (Å²) in [5, 5.41) is 5.26. The zero-order valence-corrected chi connectivity index (χ0v) is 11.4. The van der Waals surface area contributed by atoms with Crippen LogP contribution in [0.15, 0.2) is 48.7 Å². The van der Waals surface area contributed by atoms with Crippen molar-refractivity contribution in [3.63, 3.8) is 0 Å². The average Bonchev–Trinajstić information content (AvgIpc) is 2.87. The molecule has 1 amide bonds. The second kappa shape index (κ2) is 4.86. The van der Waals surface area contributed by atoms with Gasteiger partial charge in [0.1, 0.15) is 0 Å². The van der Waals surface area contributed by atoms with Gasteiger partial charge >= 0.3 is 0 Å². The lowest BCUT2D eigenvalue weighted by Gasteiger charge is -2.04. The molecule has 0 fully saturated rings. The van der Waals surface area contributed by atoms with E-state index in [-0.39, 0.29) is 0 Å². The lowest BCUT2D eigenvalue weighted by molar-refractivity contribution is -0.114. The summed E-state index contributed by atoms with van der Waals surface area (Å²) in [6.07, 6.45) is 1.81. The normalized spacial score (nSPS) is 10.7. The maximum absolute atomic E-state index is 11.5. The van der Waals surface area contributed by atoms with Crippen molar-refractivity contribution < 1.29 is 9.59 Å². The van der Waals surface area contributed by atoms with E-state index in [0.29, 0.717) is 5.56 Å². The minimum absolute atomic E-state index is 0.300. The summed E-state index contributed by atoms with van der Waals surface area (Å²) in [6, 6.07) is 12.8. The summed E-state index contributed by atoms with van der Waals surface area (Å²) >= 11 is 0. The Kier molecular flexibility index (Phi) is 3.02. The van der Waals surface area contributed by atoms with Gasteiger partial charge in [0.2, 0.25) is 5.78 Å². The number of amides is 1. The minimum atomic E-state index is -0.945. The van der Waals surface area contributed by atoms with Gasteiger partial charge < -0.3 is 5.73 Å². The third-order valence-electron chi connectivity index (χ3n) is 3.45. The number of nitrogens with two attached hydrogens (primary N) is 1. The molecular weight excluding hydrogens is 266 g/mol. The molecule has 0 aliphatic carbocycles. The van der Waals surface area contributed by atoms with Crippen LogP contribution >= 0.6 is 0 Å². The lowest BCUT2D eigenvalue weighted by atomic mass is 10.0. The van der Waals surface area contributed by atoms with Gasteiger partial charge in [-0.05, 0) is 23.3 Å². The molecule has 0 saturated heterocycles. The third-order valence-corrected chi connectivity index (χ3v) is 3.45. The van der Waals surface area contributed by atoms with Crippen molar-refractivity contribution in [1.82, 2.24) is 9.78 Å². The molecule has 0 unspecified atom stereocenters. The Bertz CT molecular complexity index is 848. The second-order valence-electron chi connectivity index (χ2n) is 4.81. The van der Waals surface area contributed by atoms with Gasteiger partial charge in [-0.3, -0.25) is 14.3 Å². The fourth-order valence-electron chi connectivity index (χ4n) is 2.30. The van der Waals surface area contributed by atoms with E-state index in [2.05, 4.69) is 5.10 Å². The van der Waals surface area contributed by atoms with E-state index in [9.17, 15) is 9.59 Å². The smallest absolute Gasteiger partial charge is 0.289 e. The molecule has 0 atom stereocenters. The number of carbonyl (C=O) groups is 2. The maximum Gasteiger partial charge on any atom is 0.289 e. The molecule has 0 radical (unpaired) electrons. The topological polar surface area (TPSA) is 78.0 Å². The Morgan fingerprint density at radius 3 is 2.38 bits per heavy atom. The molecule has 0 aliphatic heterocycles. The van der Waals surface area contributed by atoms with Gasteiger partial charge in [-0.1, -0.05) is 30.3 Å². The Morgan fingerprint density at radius 2 is 1.71 bits per heavy atom. The van der Waals surface area contributed by atoms with Crippen LogP contribution in [-0.4, -0.2) is 21.5 Å². The maximum atomic E-state index is 11.5. The molecule has 3 rings (SSSR count). The van der Waals surface area contributed by atoms with E-state index in [1.807, 2.05) is 36.1 Å². The van der Waals surface area contributed by atoms with Crippen molar-refractivity contribution in [1.29, 1.82) is 0 Å². The zero-order chi connectivity index (χ0) is 15.0. The van der Waals surface area contributed by atoms with Crippen LogP contribution < -0.4 is 5.73 Å². The molecule has 1 aromatic heterocycles. The predicted molar refractivity (Wildman–Crippen MR) is 79.7 cm³/mol. The van der Waals surface area contributed by atoms with Crippen molar-refractivity contribution in [2.45, 2.75) is 0 Å². The summed E-state index contributed by atoms with van der Waals surface area (Å²) in [5.74, 6) is -1.62. The van der Waals surface area contributed by atoms with E-state index in [4.69, 9.17) is 5.73 Å². The molecule has 3 aromatic rings. The molecule has 21 heavy (non-hydrogen) atoms. The number of hydrogen-bond donors (Lipinski definition) is 1. The van der Waals surface area contributed by atoms with Crippen LogP contribution in [-0.2, 0) is 11.8 Å². The highest BCUT2D eigenvalue weighted by Gasteiger charge is 2.12. The van der Waals surface area contributed by atoms with Crippen LogP contribution in [0.1, 0.15) is 10.4 Å². The summed E-state index contributed by atoms with van der Waals surface area (Å²) in [5.41, 5.74) is 8.32. The van der Waals surface area contributed by atoms with Crippen LogP contribution in [0.4, 0.5) is 0 Å². The number of fused-ring (bicyclic) bond motifs is 1. The number of hydrogen-bond acceptors (Lipinski definition) is 3. The van der Waals surface area contributed by atoms with Crippen LogP contribution in [0.5, 0.6) is 0 Å². The number of nitrogens with zero attached hydrogens (tertiary/aromatic N) is 2. The van der Waals surface area contributed by atoms with Crippen LogP contribution in [0, 0.1) is 0 Å². The Hall–Kier alpha value is -2.95. The number of primary amides is 1. The molecule has 0 aliphatic rings. The molecule has 5 nitrogen and oxygen atoms in total. The molecule has 0 spiro atoms. The van der Waals surface area contributed by atoms with Crippen molar-refractivity contribution in [3.05, 3.63) is 54.2 Å². The highest BCUT2D eigenvalue weighted by molar-refractivity contribution is 6.42. The fourth-order valence-corrected chi connectivity index (χ4v) is 2.30. The first-order valence-corrected chi connectivity index (χ1v) is 6.42. The van der Waals surface area contributed by atoms with Gasteiger partial charge in [0.05, 0.1) is 11.7 Å². The highest BCUT2D eigenvalue weighted by atomic mass is 16.2. The predicted octanol–water partition coefficient (Wildman–Crippen LogP) is 1.91. The van der Waals surface area contributed by atoms with Crippen molar-refractivity contribution in [3.8, 4) is 11.1 Å². The van der Waals surface area contributed by atoms with Crippen LogP contribution in [0.25, 0.3) is 22.0 Å². The SMILES string of the molecule is Cn1ncc2cc(-c3ccc(C(=O)C(N)=O)cc3)ccc21. The summed E-state index contributed by atoms with van der Waals surface area (Å²) < 4.78 is 1.81. The molecule has 0 saturated carbocycles. The van der Waals surface area contributed by atoms with Crippen molar-refractivity contribution in [2.75, 3.05) is 0 Å². The minimum Gasteiger partial charge on any atom is -0.363 e. The molecule has 104 valence electrons. The molecule has 2 N–H and O–H groups in total. The van der Waals surface area contributed by atoms with Gasteiger partial charge in [0.25, 0.3) is 5.91 Å². The third kappa shape index (κ3) is 2.29. The second-order valence-corrected chi connectivity index (χ2v) is 4.81. The first-order valence-electron chi connectivity index (χ1n) is 6.42. The van der Waals surface area contributed by atoms with Gasteiger partial charge in [-0.25, -0.2) is 0 Å². The number of benzene rings is 2. The quantitative estimate of drug-likeness (QED) is 0.587. The molecular formula is C16H13N3O2. The Balaban J connectivity index is 1.98. The lowest BCUT2D eigenvalue weighted by Crippen LogP contribution is -2.22. The highest BCUT2D eigenvalue weighted by Crippen LogP contribution is 2.24. The Labute approximate surface area is 121 Å². The first-order chi connectivity index (χ1) is 10.1. The van der Waals surface area contributed by atoms with E-state index in [0.717, 1.165) is 22.0 Å². The number of Topliss-reactive ketones (excluding diaryl/α,β-unsaturated/α-hetero) is 1. The number of ketones is 1. The van der Waals surface area contributed by atoms with Gasteiger partial charge in [-0.15, -0.1) is 0 Å². The standard InChI is InChI=1S/C16H13N3O2/c1-19-14-7-6-12(8-13(14)9-18-19)10-2-4-11(5-3-10)15(20)16(17)21/h2-9H,1H3,(H2,17,21). The fraction of sp³-hybridized carbons (Fsp3) is 0.0625. The van der Waals surface area contributed by atoms with E-state index < -0.39 is 11.7 Å². The Morgan fingerprint density at radius 1 is 1.05 bits per heavy atom. The summed E-state index contributed by atoms with van der Waals surface area (Å²) in [7, 11) is 1.90. The van der Waals surface area contributed by atoms with E-state index >= 15 is 0 Å². The van der Waals surface area contributed by atoms with Crippen LogP contribution in [0.2, 0.25) is 0 Å². The molecule has 2 aromatic carbocycles. The van der Waals surface area contributed by atoms with Crippen LogP contribution in [0.3, 0.4) is 0 Å². The van der Waals surface area contributed by atoms with E-state index in [1.165, 1.54) is 0 Å². The first kappa shape index (κ1) is 13.1. The van der Waals surface area contributed by atoms with Gasteiger partial charge in [-0.2, -0.15) is 5.10 Å². The largest absolute Gasteiger partial charge is 0.363 e. The number of carbonyl (C=O) groups excluding carboxylic acids is 2. The van der Waals surface area contributed by atoms with E-state index in [1.54, 1.807) is 24.3 Å². The number of rotatable bonds is 3. The summed E-state index contributed by atoms with van der Waals surface area (Å²) in [6.45, 7) is 0. The molecule has 1 heterocycles. The molecule has 5 heteroatoms. The van der Waals surface area contributed by atoms with Crippen molar-refractivity contribution in [2.24, 2.45) is 12.8 Å². The number of aromatic nitrogens is 2.